The third-order valence-corrected chi connectivity index (χ3v) is 3.34. The van der Waals surface area contributed by atoms with Gasteiger partial charge < -0.3 is 10.1 Å². The Balaban J connectivity index is 2.62. The van der Waals surface area contributed by atoms with Crippen LogP contribution in [0.15, 0.2) is 6.20 Å². The van der Waals surface area contributed by atoms with Crippen molar-refractivity contribution < 1.29 is 4.74 Å². The van der Waals surface area contributed by atoms with Gasteiger partial charge in [-0.25, -0.2) is 0 Å². The first-order valence-corrected chi connectivity index (χ1v) is 7.15. The van der Waals surface area contributed by atoms with E-state index in [0.717, 1.165) is 36.5 Å². The third kappa shape index (κ3) is 4.83. The Bertz CT molecular complexity index is 402. The van der Waals surface area contributed by atoms with Crippen LogP contribution in [0.25, 0.3) is 0 Å². The second-order valence-electron chi connectivity index (χ2n) is 5.91. The van der Waals surface area contributed by atoms with Gasteiger partial charge in [0.15, 0.2) is 0 Å². The van der Waals surface area contributed by atoms with Gasteiger partial charge in [-0.1, -0.05) is 20.8 Å². The number of nitrogens with one attached hydrogen (secondary N) is 1. The van der Waals surface area contributed by atoms with Gasteiger partial charge in [0, 0.05) is 23.0 Å². The summed E-state index contributed by atoms with van der Waals surface area (Å²) in [5.74, 6) is 2.26. The number of aryl methyl sites for hydroxylation is 1. The fourth-order valence-corrected chi connectivity index (χ4v) is 2.30. The Morgan fingerprint density at radius 2 is 1.89 bits per heavy atom. The van der Waals surface area contributed by atoms with Crippen LogP contribution < -0.4 is 10.1 Å². The van der Waals surface area contributed by atoms with Gasteiger partial charge in [0.05, 0.1) is 7.11 Å². The van der Waals surface area contributed by atoms with Crippen molar-refractivity contribution in [2.75, 3.05) is 20.2 Å². The van der Waals surface area contributed by atoms with Crippen LogP contribution in [-0.2, 0) is 6.42 Å². The zero-order chi connectivity index (χ0) is 14.4. The highest BCUT2D eigenvalue weighted by Crippen LogP contribution is 2.25. The molecule has 0 aliphatic carbocycles. The monoisotopic (exact) mass is 264 g/mol. The Morgan fingerprint density at radius 3 is 2.47 bits per heavy atom. The molecule has 1 unspecified atom stereocenters. The molecule has 0 aliphatic rings. The average molecular weight is 264 g/mol. The summed E-state index contributed by atoms with van der Waals surface area (Å²) in [5, 5.41) is 3.51. The van der Waals surface area contributed by atoms with Crippen LogP contribution in [-0.4, -0.2) is 25.2 Å². The molecule has 0 fully saturated rings. The summed E-state index contributed by atoms with van der Waals surface area (Å²) in [6.45, 7) is 13.0. The standard InChI is InChI=1S/C16H28N2O/c1-11(2)8-17-9-12(3)7-15-14(5)16(19-6)13(4)10-18-15/h10-12,17H,7-9H2,1-6H3. The quantitative estimate of drug-likeness (QED) is 0.821. The first-order valence-electron chi connectivity index (χ1n) is 7.15. The van der Waals surface area contributed by atoms with Crippen molar-refractivity contribution >= 4 is 0 Å². The third-order valence-electron chi connectivity index (χ3n) is 3.34. The first-order chi connectivity index (χ1) is 8.95. The van der Waals surface area contributed by atoms with Crippen LogP contribution in [0.1, 0.15) is 37.6 Å². The van der Waals surface area contributed by atoms with Gasteiger partial charge in [-0.3, -0.25) is 4.98 Å². The summed E-state index contributed by atoms with van der Waals surface area (Å²) in [5.41, 5.74) is 3.44. The highest BCUT2D eigenvalue weighted by atomic mass is 16.5. The molecule has 0 saturated heterocycles. The maximum Gasteiger partial charge on any atom is 0.128 e. The molecule has 1 N–H and O–H groups in total. The second kappa shape index (κ2) is 7.49. The van der Waals surface area contributed by atoms with Crippen LogP contribution in [0, 0.1) is 25.7 Å². The van der Waals surface area contributed by atoms with Crippen molar-refractivity contribution in [1.29, 1.82) is 0 Å². The van der Waals surface area contributed by atoms with E-state index in [1.54, 1.807) is 7.11 Å². The van der Waals surface area contributed by atoms with Crippen molar-refractivity contribution in [1.82, 2.24) is 10.3 Å². The predicted octanol–water partition coefficient (Wildman–Crippen LogP) is 3.13. The zero-order valence-corrected chi connectivity index (χ0v) is 13.2. The largest absolute Gasteiger partial charge is 0.496 e. The van der Waals surface area contributed by atoms with Gasteiger partial charge in [-0.05, 0) is 45.2 Å². The lowest BCUT2D eigenvalue weighted by atomic mass is 10.0. The molecule has 1 aromatic heterocycles. The molecule has 0 bridgehead atoms. The molecule has 108 valence electrons. The van der Waals surface area contributed by atoms with Gasteiger partial charge in [0.2, 0.25) is 0 Å². The van der Waals surface area contributed by atoms with Crippen molar-refractivity contribution in [2.24, 2.45) is 11.8 Å². The first kappa shape index (κ1) is 16.0. The molecule has 0 aliphatic heterocycles. The molecule has 1 atom stereocenters. The lowest BCUT2D eigenvalue weighted by Gasteiger charge is -2.17. The number of rotatable bonds is 7. The second-order valence-corrected chi connectivity index (χ2v) is 5.91. The number of nitrogens with zero attached hydrogens (tertiary/aromatic N) is 1. The van der Waals surface area contributed by atoms with E-state index >= 15 is 0 Å². The van der Waals surface area contributed by atoms with E-state index in [1.165, 1.54) is 5.56 Å². The van der Waals surface area contributed by atoms with E-state index in [-0.39, 0.29) is 0 Å². The highest BCUT2D eigenvalue weighted by Gasteiger charge is 2.12. The summed E-state index contributed by atoms with van der Waals surface area (Å²) >= 11 is 0. The molecule has 1 heterocycles. The molecule has 0 saturated carbocycles. The number of pyridine rings is 1. The number of ether oxygens (including phenoxy) is 1. The SMILES string of the molecule is COc1c(C)cnc(CC(C)CNCC(C)C)c1C. The van der Waals surface area contributed by atoms with E-state index in [2.05, 4.69) is 38.0 Å². The van der Waals surface area contributed by atoms with Gasteiger partial charge in [-0.15, -0.1) is 0 Å². The summed E-state index contributed by atoms with van der Waals surface area (Å²) in [7, 11) is 1.73. The van der Waals surface area contributed by atoms with Crippen molar-refractivity contribution in [3.63, 3.8) is 0 Å². The Morgan fingerprint density at radius 1 is 1.21 bits per heavy atom. The van der Waals surface area contributed by atoms with E-state index in [4.69, 9.17) is 4.74 Å². The molecule has 19 heavy (non-hydrogen) atoms. The summed E-state index contributed by atoms with van der Waals surface area (Å²) < 4.78 is 5.45. The Kier molecular flexibility index (Phi) is 6.29. The normalized spacial score (nSPS) is 12.8. The highest BCUT2D eigenvalue weighted by molar-refractivity contribution is 5.41. The van der Waals surface area contributed by atoms with Crippen molar-refractivity contribution in [3.8, 4) is 5.75 Å². The smallest absolute Gasteiger partial charge is 0.128 e. The van der Waals surface area contributed by atoms with E-state index < -0.39 is 0 Å². The van der Waals surface area contributed by atoms with Gasteiger partial charge in [0.1, 0.15) is 5.75 Å². The summed E-state index contributed by atoms with van der Waals surface area (Å²) in [6.07, 6.45) is 2.91. The van der Waals surface area contributed by atoms with Gasteiger partial charge in [-0.2, -0.15) is 0 Å². The molecule has 0 amide bonds. The molecule has 3 nitrogen and oxygen atoms in total. The number of aromatic nitrogens is 1. The maximum atomic E-state index is 5.45. The fraction of sp³-hybridized carbons (Fsp3) is 0.688. The van der Waals surface area contributed by atoms with E-state index in [0.29, 0.717) is 11.8 Å². The van der Waals surface area contributed by atoms with E-state index in [1.807, 2.05) is 13.1 Å². The fourth-order valence-electron chi connectivity index (χ4n) is 2.30. The predicted molar refractivity (Wildman–Crippen MR) is 80.8 cm³/mol. The minimum Gasteiger partial charge on any atom is -0.496 e. The Labute approximate surface area is 117 Å². The lowest BCUT2D eigenvalue weighted by Crippen LogP contribution is -2.26. The molecular weight excluding hydrogens is 236 g/mol. The molecule has 3 heteroatoms. The van der Waals surface area contributed by atoms with E-state index in [9.17, 15) is 0 Å². The number of methoxy groups -OCH3 is 1. The minimum atomic E-state index is 0.581. The van der Waals surface area contributed by atoms with Crippen LogP contribution in [0.4, 0.5) is 0 Å². The molecular formula is C16H28N2O. The van der Waals surface area contributed by atoms with Crippen LogP contribution in [0.2, 0.25) is 0 Å². The maximum absolute atomic E-state index is 5.45. The molecule has 0 aromatic carbocycles. The van der Waals surface area contributed by atoms with Gasteiger partial charge >= 0.3 is 0 Å². The minimum absolute atomic E-state index is 0.581. The molecule has 1 aromatic rings. The molecule has 0 radical (unpaired) electrons. The Hall–Kier alpha value is -1.09. The zero-order valence-electron chi connectivity index (χ0n) is 13.2. The van der Waals surface area contributed by atoms with Crippen molar-refractivity contribution in [3.05, 3.63) is 23.0 Å². The summed E-state index contributed by atoms with van der Waals surface area (Å²) in [4.78, 5) is 4.56. The van der Waals surface area contributed by atoms with Crippen molar-refractivity contribution in [2.45, 2.75) is 41.0 Å². The van der Waals surface area contributed by atoms with Crippen LogP contribution in [0.5, 0.6) is 5.75 Å². The number of hydrogen-bond acceptors (Lipinski definition) is 3. The van der Waals surface area contributed by atoms with Crippen LogP contribution >= 0.6 is 0 Å². The topological polar surface area (TPSA) is 34.1 Å². The average Bonchev–Trinajstić information content (AvgIpc) is 2.33. The summed E-state index contributed by atoms with van der Waals surface area (Å²) in [6, 6.07) is 0. The number of hydrogen-bond donors (Lipinski definition) is 1. The van der Waals surface area contributed by atoms with Gasteiger partial charge in [0.25, 0.3) is 0 Å². The lowest BCUT2D eigenvalue weighted by molar-refractivity contribution is 0.405. The van der Waals surface area contributed by atoms with Crippen LogP contribution in [0.3, 0.4) is 0 Å². The molecule has 0 spiro atoms. The molecule has 1 rings (SSSR count).